The van der Waals surface area contributed by atoms with Crippen LogP contribution in [0.5, 0.6) is 5.75 Å². The number of anilines is 1. The van der Waals surface area contributed by atoms with Crippen molar-refractivity contribution < 1.29 is 9.53 Å². The van der Waals surface area contributed by atoms with E-state index in [4.69, 9.17) is 4.74 Å². The maximum absolute atomic E-state index is 12.6. The molecule has 3 aromatic rings. The molecule has 0 amide bonds. The zero-order chi connectivity index (χ0) is 20.2. The van der Waals surface area contributed by atoms with Gasteiger partial charge in [-0.15, -0.1) is 0 Å². The van der Waals surface area contributed by atoms with E-state index in [1.807, 2.05) is 6.07 Å². The summed E-state index contributed by atoms with van der Waals surface area (Å²) in [6, 6.07) is 10.2. The number of ketones is 1. The molecule has 1 aromatic carbocycles. The summed E-state index contributed by atoms with van der Waals surface area (Å²) < 4.78 is 7.09. The molecular weight excluding hydrogens is 370 g/mol. The number of aromatic nitrogens is 4. The number of ether oxygens (including phenoxy) is 1. The minimum absolute atomic E-state index is 0.000411. The van der Waals surface area contributed by atoms with Gasteiger partial charge in [0.1, 0.15) is 12.1 Å². The van der Waals surface area contributed by atoms with Crippen molar-refractivity contribution in [1.82, 2.24) is 19.5 Å². The molecule has 8 heteroatoms. The Balaban J connectivity index is 1.47. The average Bonchev–Trinajstić information content (AvgIpc) is 3.58. The molecule has 0 radical (unpaired) electrons. The Bertz CT molecular complexity index is 1080. The molecule has 148 valence electrons. The third-order valence-electron chi connectivity index (χ3n) is 4.72. The van der Waals surface area contributed by atoms with Gasteiger partial charge in [0.15, 0.2) is 5.78 Å². The van der Waals surface area contributed by atoms with Crippen LogP contribution in [0.4, 0.5) is 5.95 Å². The number of hydrogen-bond acceptors (Lipinski definition) is 7. The molecule has 0 aliphatic heterocycles. The summed E-state index contributed by atoms with van der Waals surface area (Å²) in [5.74, 6) is 1.51. The van der Waals surface area contributed by atoms with E-state index < -0.39 is 0 Å². The van der Waals surface area contributed by atoms with Crippen molar-refractivity contribution >= 4 is 11.7 Å². The fraction of sp³-hybridized carbons (Fsp3) is 0.286. The number of Topliss-reactive ketones (excluding diaryl/α,β-unsaturated/α-hetero) is 1. The van der Waals surface area contributed by atoms with Crippen LogP contribution >= 0.6 is 0 Å². The molecule has 2 heterocycles. The highest BCUT2D eigenvalue weighted by atomic mass is 16.5. The predicted molar refractivity (Wildman–Crippen MR) is 108 cm³/mol. The van der Waals surface area contributed by atoms with E-state index in [-0.39, 0.29) is 17.9 Å². The van der Waals surface area contributed by atoms with Crippen molar-refractivity contribution in [3.05, 3.63) is 64.8 Å². The van der Waals surface area contributed by atoms with E-state index in [9.17, 15) is 9.59 Å². The molecule has 0 atom stereocenters. The van der Waals surface area contributed by atoms with Crippen molar-refractivity contribution in [1.29, 1.82) is 0 Å². The topological polar surface area (TPSA) is 99.0 Å². The van der Waals surface area contributed by atoms with E-state index in [2.05, 4.69) is 20.3 Å². The Kier molecular flexibility index (Phi) is 5.33. The predicted octanol–water partition coefficient (Wildman–Crippen LogP) is 2.32. The van der Waals surface area contributed by atoms with Crippen molar-refractivity contribution in [2.45, 2.75) is 12.8 Å². The monoisotopic (exact) mass is 391 g/mol. The molecule has 0 unspecified atom stereocenters. The van der Waals surface area contributed by atoms with E-state index in [0.717, 1.165) is 0 Å². The third-order valence-corrected chi connectivity index (χ3v) is 4.72. The molecule has 0 spiro atoms. The van der Waals surface area contributed by atoms with Crippen LogP contribution in [0.1, 0.15) is 23.2 Å². The Morgan fingerprint density at radius 3 is 2.86 bits per heavy atom. The Labute approximate surface area is 167 Å². The zero-order valence-corrected chi connectivity index (χ0v) is 16.0. The lowest BCUT2D eigenvalue weighted by Gasteiger charge is -2.11. The fourth-order valence-electron chi connectivity index (χ4n) is 2.79. The number of carbonyl (C=O) groups excluding carboxylic acids is 1. The van der Waals surface area contributed by atoms with Crippen molar-refractivity contribution in [2.24, 2.45) is 13.0 Å². The second-order valence-corrected chi connectivity index (χ2v) is 7.02. The first-order chi connectivity index (χ1) is 14.1. The van der Waals surface area contributed by atoms with Gasteiger partial charge < -0.3 is 10.1 Å². The van der Waals surface area contributed by atoms with E-state index in [0.29, 0.717) is 41.2 Å². The molecule has 0 saturated heterocycles. The van der Waals surface area contributed by atoms with Gasteiger partial charge in [0.25, 0.3) is 5.56 Å². The number of rotatable bonds is 8. The SMILES string of the molecule is Cn1c(NCC(=O)c2cccc(OCC3CC3)c2)nc(-c2ccncn2)cc1=O. The quantitative estimate of drug-likeness (QED) is 0.588. The number of benzene rings is 1. The van der Waals surface area contributed by atoms with Gasteiger partial charge >= 0.3 is 0 Å². The molecule has 1 saturated carbocycles. The molecule has 1 fully saturated rings. The largest absolute Gasteiger partial charge is 0.493 e. The number of hydrogen-bond donors (Lipinski definition) is 1. The highest BCUT2D eigenvalue weighted by Crippen LogP contribution is 2.29. The van der Waals surface area contributed by atoms with Crippen molar-refractivity contribution in [2.75, 3.05) is 18.5 Å². The van der Waals surface area contributed by atoms with Crippen LogP contribution in [0.3, 0.4) is 0 Å². The molecule has 4 rings (SSSR count). The molecule has 1 aliphatic carbocycles. The van der Waals surface area contributed by atoms with Gasteiger partial charge in [-0.05, 0) is 37.0 Å². The minimum atomic E-state index is -0.251. The molecule has 0 bridgehead atoms. The molecule has 2 aromatic heterocycles. The summed E-state index contributed by atoms with van der Waals surface area (Å²) in [5, 5.41) is 2.96. The second-order valence-electron chi connectivity index (χ2n) is 7.02. The summed E-state index contributed by atoms with van der Waals surface area (Å²) in [6.07, 6.45) is 5.39. The lowest BCUT2D eigenvalue weighted by atomic mass is 10.1. The maximum atomic E-state index is 12.6. The summed E-state index contributed by atoms with van der Waals surface area (Å²) in [6.45, 7) is 0.692. The maximum Gasteiger partial charge on any atom is 0.255 e. The molecule has 1 aliphatic rings. The summed E-state index contributed by atoms with van der Waals surface area (Å²) >= 11 is 0. The smallest absolute Gasteiger partial charge is 0.255 e. The van der Waals surface area contributed by atoms with Gasteiger partial charge in [0, 0.05) is 24.9 Å². The Morgan fingerprint density at radius 2 is 2.10 bits per heavy atom. The van der Waals surface area contributed by atoms with Gasteiger partial charge in [-0.2, -0.15) is 0 Å². The van der Waals surface area contributed by atoms with Gasteiger partial charge in [0.05, 0.1) is 24.5 Å². The van der Waals surface area contributed by atoms with Gasteiger partial charge in [-0.25, -0.2) is 15.0 Å². The molecule has 1 N–H and O–H groups in total. The van der Waals surface area contributed by atoms with Crippen LogP contribution in [0, 0.1) is 5.92 Å². The molecule has 8 nitrogen and oxygen atoms in total. The van der Waals surface area contributed by atoms with Gasteiger partial charge in [-0.1, -0.05) is 12.1 Å². The van der Waals surface area contributed by atoms with Crippen molar-refractivity contribution in [3.8, 4) is 17.1 Å². The normalized spacial score (nSPS) is 13.1. The highest BCUT2D eigenvalue weighted by molar-refractivity contribution is 5.99. The fourth-order valence-corrected chi connectivity index (χ4v) is 2.79. The minimum Gasteiger partial charge on any atom is -0.493 e. The van der Waals surface area contributed by atoms with Crippen LogP contribution in [-0.2, 0) is 7.05 Å². The summed E-state index contributed by atoms with van der Waals surface area (Å²) in [5.41, 5.74) is 1.25. The first-order valence-corrected chi connectivity index (χ1v) is 9.44. The lowest BCUT2D eigenvalue weighted by molar-refractivity contribution is 0.101. The first-order valence-electron chi connectivity index (χ1n) is 9.44. The Morgan fingerprint density at radius 1 is 1.24 bits per heavy atom. The Hall–Kier alpha value is -3.55. The summed E-state index contributed by atoms with van der Waals surface area (Å²) in [7, 11) is 1.60. The van der Waals surface area contributed by atoms with E-state index in [1.165, 1.54) is 29.8 Å². The van der Waals surface area contributed by atoms with Crippen molar-refractivity contribution in [3.63, 3.8) is 0 Å². The van der Waals surface area contributed by atoms with Gasteiger partial charge in [-0.3, -0.25) is 14.2 Å². The van der Waals surface area contributed by atoms with Gasteiger partial charge in [0.2, 0.25) is 5.95 Å². The number of nitrogens with one attached hydrogen (secondary N) is 1. The third kappa shape index (κ3) is 4.66. The van der Waals surface area contributed by atoms with Crippen LogP contribution in [0.2, 0.25) is 0 Å². The van der Waals surface area contributed by atoms with Crippen LogP contribution in [0.15, 0.2) is 53.7 Å². The molecular formula is C21H21N5O3. The zero-order valence-electron chi connectivity index (χ0n) is 16.0. The average molecular weight is 391 g/mol. The first kappa shape index (κ1) is 18.8. The van der Waals surface area contributed by atoms with Crippen LogP contribution in [-0.4, -0.2) is 38.5 Å². The van der Waals surface area contributed by atoms with E-state index >= 15 is 0 Å². The standard InChI is InChI=1S/C21H21N5O3/c1-26-20(28)10-18(17-7-8-22-13-24-17)25-21(26)23-11-19(27)15-3-2-4-16(9-15)29-12-14-5-6-14/h2-4,7-10,13-14H,5-6,11-12H2,1H3,(H,23,25). The number of carbonyl (C=O) groups is 1. The number of nitrogens with zero attached hydrogens (tertiary/aromatic N) is 4. The van der Waals surface area contributed by atoms with E-state index in [1.54, 1.807) is 37.5 Å². The van der Waals surface area contributed by atoms with Crippen LogP contribution in [0.25, 0.3) is 11.4 Å². The van der Waals surface area contributed by atoms with Crippen LogP contribution < -0.4 is 15.6 Å². The summed E-state index contributed by atoms with van der Waals surface area (Å²) in [4.78, 5) is 37.3. The second kappa shape index (κ2) is 8.22. The lowest BCUT2D eigenvalue weighted by Crippen LogP contribution is -2.24. The molecule has 29 heavy (non-hydrogen) atoms. The highest BCUT2D eigenvalue weighted by Gasteiger charge is 2.22.